The Morgan fingerprint density at radius 3 is 2.43 bits per heavy atom. The molecule has 30 heavy (non-hydrogen) atoms. The van der Waals surface area contributed by atoms with Crippen LogP contribution in [0.25, 0.3) is 0 Å². The monoisotopic (exact) mass is 456 g/mol. The Morgan fingerprint density at radius 2 is 1.73 bits per heavy atom. The highest BCUT2D eigenvalue weighted by Gasteiger charge is 2.32. The molecule has 1 saturated heterocycles. The van der Waals surface area contributed by atoms with Gasteiger partial charge < -0.3 is 10.2 Å². The minimum absolute atomic E-state index is 0.0649. The zero-order valence-electron chi connectivity index (χ0n) is 15.8. The first-order chi connectivity index (χ1) is 14.5. The molecule has 3 aromatic carbocycles. The van der Waals surface area contributed by atoms with E-state index in [1.54, 1.807) is 42.1 Å². The second kappa shape index (κ2) is 9.13. The number of benzene rings is 3. The van der Waals surface area contributed by atoms with Crippen LogP contribution in [-0.4, -0.2) is 22.5 Å². The van der Waals surface area contributed by atoms with E-state index in [1.165, 1.54) is 0 Å². The van der Waals surface area contributed by atoms with Gasteiger partial charge in [0.1, 0.15) is 5.37 Å². The van der Waals surface area contributed by atoms with Crippen LogP contribution in [0.15, 0.2) is 72.8 Å². The summed E-state index contributed by atoms with van der Waals surface area (Å²) in [7, 11) is 0. The van der Waals surface area contributed by atoms with Crippen molar-refractivity contribution in [3.8, 4) is 0 Å². The molecule has 3 aromatic rings. The van der Waals surface area contributed by atoms with Crippen molar-refractivity contribution < 1.29 is 9.59 Å². The summed E-state index contributed by atoms with van der Waals surface area (Å²) >= 11 is 13.5. The van der Waals surface area contributed by atoms with Crippen molar-refractivity contribution in [1.29, 1.82) is 0 Å². The van der Waals surface area contributed by atoms with Crippen molar-refractivity contribution >= 4 is 52.5 Å². The lowest BCUT2D eigenvalue weighted by molar-refractivity contribution is -0.128. The van der Waals surface area contributed by atoms with Crippen molar-refractivity contribution in [3.05, 3.63) is 99.5 Å². The third-order valence-corrected chi connectivity index (χ3v) is 6.79. The average Bonchev–Trinajstić information content (AvgIpc) is 3.12. The second-order valence-electron chi connectivity index (χ2n) is 6.88. The van der Waals surface area contributed by atoms with E-state index >= 15 is 0 Å². The highest BCUT2D eigenvalue weighted by Crippen LogP contribution is 2.39. The number of carbonyl (C=O) groups is 2. The van der Waals surface area contributed by atoms with Gasteiger partial charge in [0.05, 0.1) is 15.8 Å². The smallest absolute Gasteiger partial charge is 0.255 e. The molecular weight excluding hydrogens is 439 g/mol. The van der Waals surface area contributed by atoms with Gasteiger partial charge in [-0.1, -0.05) is 65.7 Å². The number of halogens is 2. The van der Waals surface area contributed by atoms with E-state index in [2.05, 4.69) is 5.32 Å². The Balaban J connectivity index is 1.47. The Kier molecular flexibility index (Phi) is 6.32. The van der Waals surface area contributed by atoms with E-state index < -0.39 is 0 Å². The zero-order chi connectivity index (χ0) is 21.1. The van der Waals surface area contributed by atoms with E-state index in [4.69, 9.17) is 23.2 Å². The molecule has 1 aliphatic rings. The first-order valence-corrected chi connectivity index (χ1v) is 11.1. The van der Waals surface area contributed by atoms with Gasteiger partial charge in [0, 0.05) is 17.8 Å². The largest absolute Gasteiger partial charge is 0.322 e. The quantitative estimate of drug-likeness (QED) is 0.510. The minimum Gasteiger partial charge on any atom is -0.322 e. The van der Waals surface area contributed by atoms with Crippen molar-refractivity contribution in [1.82, 2.24) is 4.90 Å². The molecule has 0 saturated carbocycles. The Labute approximate surface area is 189 Å². The second-order valence-corrected chi connectivity index (χ2v) is 8.76. The molecule has 1 fully saturated rings. The molecule has 0 spiro atoms. The molecular formula is C23H18Cl2N2O2S. The van der Waals surface area contributed by atoms with Gasteiger partial charge >= 0.3 is 0 Å². The van der Waals surface area contributed by atoms with Gasteiger partial charge in [0.15, 0.2) is 0 Å². The van der Waals surface area contributed by atoms with Crippen molar-refractivity contribution in [3.63, 3.8) is 0 Å². The van der Waals surface area contributed by atoms with Gasteiger partial charge in [-0.25, -0.2) is 0 Å². The number of rotatable bonds is 5. The molecule has 0 bridgehead atoms. The van der Waals surface area contributed by atoms with Gasteiger partial charge in [-0.2, -0.15) is 0 Å². The van der Waals surface area contributed by atoms with Crippen molar-refractivity contribution in [2.45, 2.75) is 11.9 Å². The predicted molar refractivity (Wildman–Crippen MR) is 123 cm³/mol. The molecule has 0 aliphatic carbocycles. The molecule has 1 atom stereocenters. The van der Waals surface area contributed by atoms with Crippen LogP contribution in [0.2, 0.25) is 10.0 Å². The highest BCUT2D eigenvalue weighted by atomic mass is 35.5. The Hall–Kier alpha value is -2.47. The number of hydrogen-bond donors (Lipinski definition) is 1. The third kappa shape index (κ3) is 4.64. The van der Waals surface area contributed by atoms with Crippen LogP contribution >= 0.6 is 35.0 Å². The summed E-state index contributed by atoms with van der Waals surface area (Å²) in [4.78, 5) is 26.8. The number of anilines is 1. The summed E-state index contributed by atoms with van der Waals surface area (Å²) in [5, 5.41) is 3.56. The van der Waals surface area contributed by atoms with Gasteiger partial charge in [0.2, 0.25) is 5.91 Å². The minimum atomic E-state index is -0.240. The van der Waals surface area contributed by atoms with E-state index in [0.29, 0.717) is 33.6 Å². The van der Waals surface area contributed by atoms with E-state index in [-0.39, 0.29) is 17.2 Å². The topological polar surface area (TPSA) is 49.4 Å². The standard InChI is InChI=1S/C23H18Cl2N2O2S/c24-19-11-10-18(12-20(19)25)26-22(29)16-6-8-17(9-7-16)23-27(21(28)14-30-23)13-15-4-2-1-3-5-15/h1-12,23H,13-14H2,(H,26,29)/t23-/m0/s1. The summed E-state index contributed by atoms with van der Waals surface area (Å²) in [5.74, 6) is 0.336. The molecule has 0 aromatic heterocycles. The fraction of sp³-hybridized carbons (Fsp3) is 0.130. The molecule has 152 valence electrons. The maximum absolute atomic E-state index is 12.5. The summed E-state index contributed by atoms with van der Waals surface area (Å²) < 4.78 is 0. The number of carbonyl (C=O) groups excluding carboxylic acids is 2. The normalized spacial score (nSPS) is 16.0. The van der Waals surface area contributed by atoms with Gasteiger partial charge in [-0.3, -0.25) is 9.59 Å². The van der Waals surface area contributed by atoms with E-state index in [0.717, 1.165) is 11.1 Å². The SMILES string of the molecule is O=C(Nc1ccc(Cl)c(Cl)c1)c1ccc([C@@H]2SCC(=O)N2Cc2ccccc2)cc1. The van der Waals surface area contributed by atoms with Crippen molar-refractivity contribution in [2.24, 2.45) is 0 Å². The first-order valence-electron chi connectivity index (χ1n) is 9.32. The van der Waals surface area contributed by atoms with Crippen LogP contribution < -0.4 is 5.32 Å². The van der Waals surface area contributed by atoms with Gasteiger partial charge in [-0.15, -0.1) is 11.8 Å². The number of nitrogens with one attached hydrogen (secondary N) is 1. The summed E-state index contributed by atoms with van der Waals surface area (Å²) in [6.07, 6.45) is 0. The number of thioether (sulfide) groups is 1. The molecule has 4 rings (SSSR count). The maximum Gasteiger partial charge on any atom is 0.255 e. The molecule has 1 aliphatic heterocycles. The summed E-state index contributed by atoms with van der Waals surface area (Å²) in [5.41, 5.74) is 3.18. The summed E-state index contributed by atoms with van der Waals surface area (Å²) in [6.45, 7) is 0.566. The number of nitrogens with zero attached hydrogens (tertiary/aromatic N) is 1. The first kappa shape index (κ1) is 20.8. The number of amides is 2. The molecule has 4 nitrogen and oxygen atoms in total. The Bertz CT molecular complexity index is 1070. The molecule has 1 N–H and O–H groups in total. The zero-order valence-corrected chi connectivity index (χ0v) is 18.2. The predicted octanol–water partition coefficient (Wildman–Crippen LogP) is 6.02. The lowest BCUT2D eigenvalue weighted by Crippen LogP contribution is -2.27. The van der Waals surface area contributed by atoms with E-state index in [9.17, 15) is 9.59 Å². The molecule has 2 amide bonds. The van der Waals surface area contributed by atoms with Crippen LogP contribution in [0, 0.1) is 0 Å². The number of hydrogen-bond acceptors (Lipinski definition) is 3. The van der Waals surface area contributed by atoms with Crippen molar-refractivity contribution in [2.75, 3.05) is 11.1 Å². The van der Waals surface area contributed by atoms with Crippen LogP contribution in [-0.2, 0) is 11.3 Å². The molecule has 7 heteroatoms. The molecule has 0 radical (unpaired) electrons. The molecule has 0 unspecified atom stereocenters. The third-order valence-electron chi connectivity index (χ3n) is 4.80. The fourth-order valence-electron chi connectivity index (χ4n) is 3.26. The highest BCUT2D eigenvalue weighted by molar-refractivity contribution is 8.00. The van der Waals surface area contributed by atoms with Crippen LogP contribution in [0.3, 0.4) is 0 Å². The van der Waals surface area contributed by atoms with Crippen LogP contribution in [0.4, 0.5) is 5.69 Å². The van der Waals surface area contributed by atoms with Gasteiger partial charge in [0.25, 0.3) is 5.91 Å². The lowest BCUT2D eigenvalue weighted by atomic mass is 10.1. The van der Waals surface area contributed by atoms with E-state index in [1.807, 2.05) is 47.4 Å². The maximum atomic E-state index is 12.5. The summed E-state index contributed by atoms with van der Waals surface area (Å²) in [6, 6.07) is 22.2. The van der Waals surface area contributed by atoms with Gasteiger partial charge in [-0.05, 0) is 41.5 Å². The molecule has 1 heterocycles. The average molecular weight is 457 g/mol. The van der Waals surface area contributed by atoms with Crippen LogP contribution in [0.1, 0.15) is 26.9 Å². The van der Waals surface area contributed by atoms with Crippen LogP contribution in [0.5, 0.6) is 0 Å². The lowest BCUT2D eigenvalue weighted by Gasteiger charge is -2.24. The fourth-order valence-corrected chi connectivity index (χ4v) is 4.74. The Morgan fingerprint density at radius 1 is 1.00 bits per heavy atom.